The van der Waals surface area contributed by atoms with Gasteiger partial charge in [-0.25, -0.2) is 0 Å². The molecule has 1 aliphatic rings. The number of benzene rings is 1. The lowest BCUT2D eigenvalue weighted by molar-refractivity contribution is -0.138. The second kappa shape index (κ2) is 11.6. The van der Waals surface area contributed by atoms with E-state index in [1.807, 2.05) is 0 Å². The molecule has 1 fully saturated rings. The first-order chi connectivity index (χ1) is 16.2. The summed E-state index contributed by atoms with van der Waals surface area (Å²) in [7, 11) is 0. The number of aromatic nitrogens is 2. The summed E-state index contributed by atoms with van der Waals surface area (Å²) in [5.74, 6) is 0.346. The quantitative estimate of drug-likeness (QED) is 0.226. The number of unbranched alkanes of at least 4 members (excludes halogenated alkanes) is 5. The maximum Gasteiger partial charge on any atom is 0.419 e. The van der Waals surface area contributed by atoms with E-state index in [1.54, 1.807) is 4.90 Å². The van der Waals surface area contributed by atoms with E-state index in [4.69, 9.17) is 20.4 Å². The molecule has 7 nitrogen and oxygen atoms in total. The first-order valence-electron chi connectivity index (χ1n) is 12.0. The lowest BCUT2D eigenvalue weighted by Crippen LogP contribution is -2.36. The molecule has 3 N–H and O–H groups in total. The van der Waals surface area contributed by atoms with Crippen molar-refractivity contribution in [2.75, 3.05) is 13.2 Å². The zero-order chi connectivity index (χ0) is 24.7. The number of guanidine groups is 1. The standard InChI is InChI=1S/C24H34F3N5O2/c1-3-5-6-7-8-9-12-33-20-11-10-17(14-18(20)24(25,26)27)21-30-22(34-31-21)19-13-16(4-2)15-32(19)23(28)29/h10-11,14,16,19H,3-9,12-13,15H2,1-2H3,(H3,28,29)/t16-,19+/m1/s1. The van der Waals surface area contributed by atoms with E-state index in [0.717, 1.165) is 38.2 Å². The van der Waals surface area contributed by atoms with Crippen molar-refractivity contribution >= 4 is 5.96 Å². The lowest BCUT2D eigenvalue weighted by Gasteiger charge is -2.21. The van der Waals surface area contributed by atoms with Gasteiger partial charge in [-0.15, -0.1) is 0 Å². The molecule has 0 spiro atoms. The predicted octanol–water partition coefficient (Wildman–Crippen LogP) is 6.16. The van der Waals surface area contributed by atoms with Crippen LogP contribution in [0.1, 0.15) is 82.7 Å². The highest BCUT2D eigenvalue weighted by atomic mass is 19.4. The molecule has 0 radical (unpaired) electrons. The topological polar surface area (TPSA) is 101 Å². The van der Waals surface area contributed by atoms with Crippen molar-refractivity contribution in [1.29, 1.82) is 5.41 Å². The van der Waals surface area contributed by atoms with Crippen LogP contribution in [0.25, 0.3) is 11.4 Å². The van der Waals surface area contributed by atoms with Crippen molar-refractivity contribution < 1.29 is 22.4 Å². The van der Waals surface area contributed by atoms with Crippen molar-refractivity contribution in [1.82, 2.24) is 15.0 Å². The summed E-state index contributed by atoms with van der Waals surface area (Å²) in [6, 6.07) is 3.46. The Morgan fingerprint density at radius 2 is 1.94 bits per heavy atom. The number of hydrogen-bond donors (Lipinski definition) is 2. The summed E-state index contributed by atoms with van der Waals surface area (Å²) in [6.07, 6.45) is 3.18. The Balaban J connectivity index is 1.73. The molecule has 0 saturated carbocycles. The van der Waals surface area contributed by atoms with E-state index < -0.39 is 11.7 Å². The first-order valence-corrected chi connectivity index (χ1v) is 12.0. The monoisotopic (exact) mass is 481 g/mol. The van der Waals surface area contributed by atoms with Crippen LogP contribution in [0, 0.1) is 11.3 Å². The molecule has 188 valence electrons. The third kappa shape index (κ3) is 6.42. The zero-order valence-electron chi connectivity index (χ0n) is 19.8. The normalized spacial score (nSPS) is 18.4. The summed E-state index contributed by atoms with van der Waals surface area (Å²) >= 11 is 0. The summed E-state index contributed by atoms with van der Waals surface area (Å²) in [5, 5.41) is 11.7. The Labute approximate surface area is 198 Å². The maximum atomic E-state index is 13.7. The van der Waals surface area contributed by atoms with Crippen molar-refractivity contribution in [3.8, 4) is 17.1 Å². The molecule has 34 heavy (non-hydrogen) atoms. The van der Waals surface area contributed by atoms with Gasteiger partial charge in [0.25, 0.3) is 0 Å². The van der Waals surface area contributed by atoms with Crippen molar-refractivity contribution in [2.45, 2.75) is 77.4 Å². The fourth-order valence-corrected chi connectivity index (χ4v) is 4.29. The van der Waals surface area contributed by atoms with Crippen LogP contribution in [0.2, 0.25) is 0 Å². The van der Waals surface area contributed by atoms with Crippen molar-refractivity contribution in [3.63, 3.8) is 0 Å². The molecule has 0 amide bonds. The number of nitrogens with two attached hydrogens (primary N) is 1. The van der Waals surface area contributed by atoms with Gasteiger partial charge in [0.15, 0.2) is 5.96 Å². The molecule has 1 aromatic heterocycles. The molecular weight excluding hydrogens is 447 g/mol. The number of nitrogens with one attached hydrogen (secondary N) is 1. The van der Waals surface area contributed by atoms with Crippen LogP contribution in [0.15, 0.2) is 22.7 Å². The number of nitrogens with zero attached hydrogens (tertiary/aromatic N) is 3. The van der Waals surface area contributed by atoms with Gasteiger partial charge in [-0.05, 0) is 37.0 Å². The van der Waals surface area contributed by atoms with Gasteiger partial charge in [0.1, 0.15) is 11.8 Å². The van der Waals surface area contributed by atoms with Crippen LogP contribution in [-0.2, 0) is 6.18 Å². The molecule has 1 aliphatic heterocycles. The third-order valence-electron chi connectivity index (χ3n) is 6.30. The van der Waals surface area contributed by atoms with E-state index in [9.17, 15) is 13.2 Å². The molecule has 3 rings (SSSR count). The number of likely N-dealkylation sites (tertiary alicyclic amines) is 1. The minimum atomic E-state index is -4.58. The largest absolute Gasteiger partial charge is 0.493 e. The van der Waals surface area contributed by atoms with Crippen LogP contribution >= 0.6 is 0 Å². The molecule has 0 unspecified atom stereocenters. The summed E-state index contributed by atoms with van der Waals surface area (Å²) in [6.45, 7) is 5.04. The Morgan fingerprint density at radius 3 is 2.62 bits per heavy atom. The molecule has 0 aliphatic carbocycles. The van der Waals surface area contributed by atoms with Gasteiger partial charge in [0, 0.05) is 12.1 Å². The molecule has 10 heteroatoms. The number of rotatable bonds is 11. The van der Waals surface area contributed by atoms with Crippen molar-refractivity contribution in [2.24, 2.45) is 11.7 Å². The maximum absolute atomic E-state index is 13.7. The van der Waals surface area contributed by atoms with Gasteiger partial charge in [-0.3, -0.25) is 5.41 Å². The molecule has 1 saturated heterocycles. The molecule has 2 aromatic rings. The zero-order valence-corrected chi connectivity index (χ0v) is 19.8. The average Bonchev–Trinajstić information content (AvgIpc) is 3.45. The highest BCUT2D eigenvalue weighted by molar-refractivity contribution is 5.75. The Hall–Kier alpha value is -2.78. The number of ether oxygens (including phenoxy) is 1. The average molecular weight is 482 g/mol. The fourth-order valence-electron chi connectivity index (χ4n) is 4.29. The van der Waals surface area contributed by atoms with Crippen molar-refractivity contribution in [3.05, 3.63) is 29.7 Å². The minimum absolute atomic E-state index is 0.0615. The first kappa shape index (κ1) is 25.8. The van der Waals surface area contributed by atoms with Gasteiger partial charge in [-0.2, -0.15) is 18.2 Å². The molecular formula is C24H34F3N5O2. The van der Waals surface area contributed by atoms with Gasteiger partial charge < -0.3 is 19.9 Å². The van der Waals surface area contributed by atoms with Crippen LogP contribution in [0.3, 0.4) is 0 Å². The van der Waals surface area contributed by atoms with Crippen LogP contribution < -0.4 is 10.5 Å². The highest BCUT2D eigenvalue weighted by Crippen LogP contribution is 2.40. The van der Waals surface area contributed by atoms with Crippen LogP contribution in [0.5, 0.6) is 5.75 Å². The van der Waals surface area contributed by atoms with E-state index >= 15 is 0 Å². The molecule has 2 heterocycles. The number of alkyl halides is 3. The van der Waals surface area contributed by atoms with Gasteiger partial charge in [0.2, 0.25) is 11.7 Å². The lowest BCUT2D eigenvalue weighted by atomic mass is 10.0. The number of hydrogen-bond acceptors (Lipinski definition) is 5. The van der Waals surface area contributed by atoms with E-state index in [2.05, 4.69) is 24.0 Å². The number of halogens is 3. The molecule has 2 atom stereocenters. The Morgan fingerprint density at radius 1 is 1.21 bits per heavy atom. The Kier molecular flexibility index (Phi) is 8.79. The third-order valence-corrected chi connectivity index (χ3v) is 6.30. The van der Waals surface area contributed by atoms with Gasteiger partial charge >= 0.3 is 6.18 Å². The summed E-state index contributed by atoms with van der Waals surface area (Å²) < 4.78 is 52.1. The highest BCUT2D eigenvalue weighted by Gasteiger charge is 2.38. The van der Waals surface area contributed by atoms with E-state index in [-0.39, 0.29) is 41.6 Å². The molecule has 0 bridgehead atoms. The smallest absolute Gasteiger partial charge is 0.419 e. The molecule has 1 aromatic carbocycles. The van der Waals surface area contributed by atoms with Crippen LogP contribution in [0.4, 0.5) is 13.2 Å². The predicted molar refractivity (Wildman–Crippen MR) is 123 cm³/mol. The fraction of sp³-hybridized carbons (Fsp3) is 0.625. The van der Waals surface area contributed by atoms with Gasteiger partial charge in [-0.1, -0.05) is 57.5 Å². The summed E-state index contributed by atoms with van der Waals surface area (Å²) in [4.78, 5) is 6.03. The minimum Gasteiger partial charge on any atom is -0.493 e. The second-order valence-corrected chi connectivity index (χ2v) is 8.84. The van der Waals surface area contributed by atoms with E-state index in [1.165, 1.54) is 18.6 Å². The van der Waals surface area contributed by atoms with Gasteiger partial charge in [0.05, 0.1) is 12.2 Å². The van der Waals surface area contributed by atoms with Crippen LogP contribution in [-0.4, -0.2) is 34.2 Å². The Bertz CT molecular complexity index is 947. The summed E-state index contributed by atoms with van der Waals surface area (Å²) in [5.41, 5.74) is 5.03. The second-order valence-electron chi connectivity index (χ2n) is 8.84. The van der Waals surface area contributed by atoms with E-state index in [0.29, 0.717) is 25.3 Å². The SMILES string of the molecule is CCCCCCCCOc1ccc(-c2noc([C@@H]3C[C@@H](CC)CN3C(=N)N)n2)cc1C(F)(F)F.